The van der Waals surface area contributed by atoms with Crippen molar-refractivity contribution >= 4 is 27.5 Å². The van der Waals surface area contributed by atoms with Gasteiger partial charge in [-0.15, -0.1) is 0 Å². The number of aromatic nitrogens is 1. The topological polar surface area (TPSA) is 22.1 Å². The molecule has 0 aromatic carbocycles. The van der Waals surface area contributed by atoms with E-state index in [0.29, 0.717) is 11.0 Å². The molecule has 1 rings (SSSR count). The minimum atomic E-state index is -2.63. The highest BCUT2D eigenvalue weighted by Crippen LogP contribution is 2.31. The number of halogens is 4. The first kappa shape index (κ1) is 11.7. The third kappa shape index (κ3) is 2.33. The summed E-state index contributed by atoms with van der Waals surface area (Å²) >= 11 is 8.93. The maximum atomic E-state index is 12.4. The van der Waals surface area contributed by atoms with Crippen LogP contribution in [0, 0.1) is 0 Å². The molecule has 0 atom stereocenters. The van der Waals surface area contributed by atoms with Gasteiger partial charge in [0.1, 0.15) is 16.5 Å². The molecule has 0 fully saturated rings. The molecule has 0 saturated heterocycles. The Hall–Kier alpha value is -0.420. The van der Waals surface area contributed by atoms with Crippen molar-refractivity contribution in [2.75, 3.05) is 7.11 Å². The molecule has 6 heteroatoms. The van der Waals surface area contributed by atoms with Crippen molar-refractivity contribution in [3.63, 3.8) is 0 Å². The molecule has 0 spiro atoms. The number of hydrogen-bond donors (Lipinski definition) is 0. The molecule has 1 aromatic rings. The molecular weight excluding hydrogens is 279 g/mol. The molecule has 0 radical (unpaired) electrons. The summed E-state index contributed by atoms with van der Waals surface area (Å²) in [6.07, 6.45) is -2.63. The number of ether oxygens (including phenoxy) is 1. The molecule has 14 heavy (non-hydrogen) atoms. The lowest BCUT2D eigenvalue weighted by Crippen LogP contribution is -1.98. The second-order valence-electron chi connectivity index (χ2n) is 2.44. The molecule has 78 valence electrons. The number of hydrogen-bond acceptors (Lipinski definition) is 2. The molecule has 0 aliphatic carbocycles. The van der Waals surface area contributed by atoms with Gasteiger partial charge < -0.3 is 4.74 Å². The van der Waals surface area contributed by atoms with Gasteiger partial charge in [0.05, 0.1) is 12.8 Å². The van der Waals surface area contributed by atoms with Gasteiger partial charge in [-0.2, -0.15) is 0 Å². The van der Waals surface area contributed by atoms with E-state index in [4.69, 9.17) is 16.3 Å². The van der Waals surface area contributed by atoms with E-state index in [1.165, 1.54) is 7.11 Å². The highest BCUT2D eigenvalue weighted by atomic mass is 79.9. The summed E-state index contributed by atoms with van der Waals surface area (Å²) in [7, 11) is 1.37. The normalized spacial score (nSPS) is 10.7. The standard InChI is InChI=1S/C8H7BrClF2NO/c1-14-6-2-4(8(11)12)13-5(3-9)7(6)10/h2,8H,3H2,1H3. The fraction of sp³-hybridized carbons (Fsp3) is 0.375. The minimum absolute atomic E-state index is 0.214. The Labute approximate surface area is 93.4 Å². The van der Waals surface area contributed by atoms with Gasteiger partial charge in [0.2, 0.25) is 0 Å². The van der Waals surface area contributed by atoms with Crippen LogP contribution in [0.3, 0.4) is 0 Å². The number of pyridine rings is 1. The lowest BCUT2D eigenvalue weighted by atomic mass is 10.3. The first-order valence-electron chi connectivity index (χ1n) is 3.67. The van der Waals surface area contributed by atoms with Crippen LogP contribution in [0.2, 0.25) is 5.02 Å². The summed E-state index contributed by atoms with van der Waals surface area (Å²) in [5, 5.41) is 0.566. The van der Waals surface area contributed by atoms with Crippen molar-refractivity contribution in [1.29, 1.82) is 0 Å². The molecule has 2 nitrogen and oxygen atoms in total. The molecule has 0 unspecified atom stereocenters. The summed E-state index contributed by atoms with van der Waals surface area (Å²) in [5.41, 5.74) is 0.0158. The molecular formula is C8H7BrClF2NO. The van der Waals surface area contributed by atoms with Crippen molar-refractivity contribution in [1.82, 2.24) is 4.98 Å². The lowest BCUT2D eigenvalue weighted by Gasteiger charge is -2.08. The van der Waals surface area contributed by atoms with Crippen LogP contribution in [0.4, 0.5) is 8.78 Å². The number of alkyl halides is 3. The van der Waals surface area contributed by atoms with Gasteiger partial charge >= 0.3 is 0 Å². The van der Waals surface area contributed by atoms with E-state index in [2.05, 4.69) is 20.9 Å². The predicted octanol–water partition coefficient (Wildman–Crippen LogP) is 3.58. The van der Waals surface area contributed by atoms with Crippen LogP contribution >= 0.6 is 27.5 Å². The second-order valence-corrected chi connectivity index (χ2v) is 3.38. The van der Waals surface area contributed by atoms with Crippen LogP contribution < -0.4 is 4.74 Å². The molecule has 0 N–H and O–H groups in total. The van der Waals surface area contributed by atoms with Gasteiger partial charge in [-0.05, 0) is 0 Å². The molecule has 0 aliphatic heterocycles. The first-order valence-corrected chi connectivity index (χ1v) is 5.17. The second kappa shape index (κ2) is 4.89. The third-order valence-electron chi connectivity index (χ3n) is 1.58. The highest BCUT2D eigenvalue weighted by Gasteiger charge is 2.16. The van der Waals surface area contributed by atoms with E-state index in [0.717, 1.165) is 6.07 Å². The zero-order valence-electron chi connectivity index (χ0n) is 7.23. The van der Waals surface area contributed by atoms with Crippen LogP contribution in [0.1, 0.15) is 17.8 Å². The first-order chi connectivity index (χ1) is 6.60. The minimum Gasteiger partial charge on any atom is -0.495 e. The number of nitrogens with zero attached hydrogens (tertiary/aromatic N) is 1. The van der Waals surface area contributed by atoms with E-state index >= 15 is 0 Å². The fourth-order valence-electron chi connectivity index (χ4n) is 0.926. The van der Waals surface area contributed by atoms with Crippen molar-refractivity contribution in [3.8, 4) is 5.75 Å². The van der Waals surface area contributed by atoms with Gasteiger partial charge in [0, 0.05) is 11.4 Å². The Morgan fingerprint density at radius 1 is 1.64 bits per heavy atom. The summed E-state index contributed by atoms with van der Waals surface area (Å²) in [6, 6.07) is 1.14. The Morgan fingerprint density at radius 2 is 2.29 bits per heavy atom. The van der Waals surface area contributed by atoms with Gasteiger partial charge in [0.15, 0.2) is 0 Å². The lowest BCUT2D eigenvalue weighted by molar-refractivity contribution is 0.145. The van der Waals surface area contributed by atoms with E-state index in [1.807, 2.05) is 0 Å². The quantitative estimate of drug-likeness (QED) is 0.792. The van der Waals surface area contributed by atoms with Crippen LogP contribution in [-0.2, 0) is 5.33 Å². The van der Waals surface area contributed by atoms with Gasteiger partial charge in [-0.1, -0.05) is 27.5 Å². The van der Waals surface area contributed by atoms with Crippen LogP contribution in [-0.4, -0.2) is 12.1 Å². The van der Waals surface area contributed by atoms with Crippen molar-refractivity contribution in [2.24, 2.45) is 0 Å². The maximum absolute atomic E-state index is 12.4. The maximum Gasteiger partial charge on any atom is 0.280 e. The Kier molecular flexibility index (Phi) is 4.07. The largest absolute Gasteiger partial charge is 0.495 e. The monoisotopic (exact) mass is 285 g/mol. The average Bonchev–Trinajstić information content (AvgIpc) is 2.17. The Morgan fingerprint density at radius 3 is 2.71 bits per heavy atom. The average molecular weight is 287 g/mol. The molecule has 0 amide bonds. The molecule has 1 heterocycles. The summed E-state index contributed by atoms with van der Waals surface area (Å²) in [4.78, 5) is 3.69. The van der Waals surface area contributed by atoms with Crippen LogP contribution in [0.25, 0.3) is 0 Å². The Balaban J connectivity index is 3.25. The number of methoxy groups -OCH3 is 1. The van der Waals surface area contributed by atoms with Gasteiger partial charge in [-0.3, -0.25) is 0 Å². The summed E-state index contributed by atoms with van der Waals surface area (Å²) in [5.74, 6) is 0.214. The van der Waals surface area contributed by atoms with Crippen molar-refractivity contribution < 1.29 is 13.5 Å². The van der Waals surface area contributed by atoms with Crippen LogP contribution in [0.5, 0.6) is 5.75 Å². The van der Waals surface area contributed by atoms with Crippen molar-refractivity contribution in [2.45, 2.75) is 11.8 Å². The van der Waals surface area contributed by atoms with Crippen LogP contribution in [0.15, 0.2) is 6.07 Å². The van der Waals surface area contributed by atoms with Gasteiger partial charge in [-0.25, -0.2) is 13.8 Å². The highest BCUT2D eigenvalue weighted by molar-refractivity contribution is 9.08. The van der Waals surface area contributed by atoms with Gasteiger partial charge in [0.25, 0.3) is 6.43 Å². The molecule has 0 saturated carbocycles. The summed E-state index contributed by atoms with van der Waals surface area (Å²) in [6.45, 7) is 0. The third-order valence-corrected chi connectivity index (χ3v) is 2.52. The van der Waals surface area contributed by atoms with E-state index < -0.39 is 6.43 Å². The van der Waals surface area contributed by atoms with E-state index in [9.17, 15) is 8.78 Å². The zero-order chi connectivity index (χ0) is 10.7. The van der Waals surface area contributed by atoms with E-state index in [-0.39, 0.29) is 16.5 Å². The SMILES string of the molecule is COc1cc(C(F)F)nc(CBr)c1Cl. The molecule has 0 bridgehead atoms. The molecule has 0 aliphatic rings. The van der Waals surface area contributed by atoms with Crippen molar-refractivity contribution in [3.05, 3.63) is 22.5 Å². The molecule has 1 aromatic heterocycles. The van der Waals surface area contributed by atoms with E-state index in [1.54, 1.807) is 0 Å². The number of rotatable bonds is 3. The predicted molar refractivity (Wildman–Crippen MR) is 53.4 cm³/mol. The summed E-state index contributed by atoms with van der Waals surface area (Å²) < 4.78 is 29.6. The fourth-order valence-corrected chi connectivity index (χ4v) is 1.73. The smallest absolute Gasteiger partial charge is 0.280 e. The zero-order valence-corrected chi connectivity index (χ0v) is 9.57. The Bertz CT molecular complexity index is 310.